The van der Waals surface area contributed by atoms with Gasteiger partial charge in [0.2, 0.25) is 0 Å². The Morgan fingerprint density at radius 3 is 2.42 bits per heavy atom. The van der Waals surface area contributed by atoms with Crippen molar-refractivity contribution in [1.29, 1.82) is 0 Å². The van der Waals surface area contributed by atoms with Gasteiger partial charge in [-0.25, -0.2) is 0 Å². The molecule has 70 valence electrons. The molecule has 2 nitrogen and oxygen atoms in total. The van der Waals surface area contributed by atoms with Crippen LogP contribution in [-0.4, -0.2) is 22.8 Å². The van der Waals surface area contributed by atoms with Crippen molar-refractivity contribution in [3.63, 3.8) is 0 Å². The summed E-state index contributed by atoms with van der Waals surface area (Å²) in [6, 6.07) is 0. The molecule has 0 aliphatic carbocycles. The maximum absolute atomic E-state index is 5.67. The SMILES string of the molecule is C=C[C@H](Br)[C@H]1OC(C)(C)O[C@@H]1C. The summed E-state index contributed by atoms with van der Waals surface area (Å²) in [6.45, 7) is 9.56. The molecular formula is C9H15BrO2. The normalized spacial score (nSPS) is 36.3. The summed E-state index contributed by atoms with van der Waals surface area (Å²) in [5, 5.41) is 0. The summed E-state index contributed by atoms with van der Waals surface area (Å²) in [6.07, 6.45) is 2.01. The fourth-order valence-electron chi connectivity index (χ4n) is 1.42. The second kappa shape index (κ2) is 3.48. The fourth-order valence-corrected chi connectivity index (χ4v) is 1.96. The van der Waals surface area contributed by atoms with E-state index in [1.165, 1.54) is 0 Å². The van der Waals surface area contributed by atoms with Gasteiger partial charge < -0.3 is 9.47 Å². The van der Waals surface area contributed by atoms with Crippen molar-refractivity contribution >= 4 is 15.9 Å². The summed E-state index contributed by atoms with van der Waals surface area (Å²) in [5.41, 5.74) is 0. The molecule has 0 N–H and O–H groups in total. The van der Waals surface area contributed by atoms with E-state index in [0.717, 1.165) is 0 Å². The Hall–Kier alpha value is 0.140. The molecule has 1 fully saturated rings. The first-order valence-corrected chi connectivity index (χ1v) is 5.00. The van der Waals surface area contributed by atoms with Crippen molar-refractivity contribution in [2.24, 2.45) is 0 Å². The van der Waals surface area contributed by atoms with Gasteiger partial charge in [-0.3, -0.25) is 0 Å². The summed E-state index contributed by atoms with van der Waals surface area (Å²) in [5.74, 6) is -0.459. The second-order valence-corrected chi connectivity index (χ2v) is 4.54. The number of hydrogen-bond donors (Lipinski definition) is 0. The van der Waals surface area contributed by atoms with Crippen LogP contribution in [0.4, 0.5) is 0 Å². The zero-order chi connectivity index (χ0) is 9.35. The lowest BCUT2D eigenvalue weighted by Crippen LogP contribution is -2.28. The molecule has 0 aromatic carbocycles. The number of halogens is 1. The highest BCUT2D eigenvalue weighted by molar-refractivity contribution is 9.09. The number of rotatable bonds is 2. The van der Waals surface area contributed by atoms with Crippen molar-refractivity contribution in [3.8, 4) is 0 Å². The highest BCUT2D eigenvalue weighted by Gasteiger charge is 2.41. The second-order valence-electron chi connectivity index (χ2n) is 3.49. The Bertz CT molecular complexity index is 179. The smallest absolute Gasteiger partial charge is 0.163 e. The Morgan fingerprint density at radius 2 is 2.08 bits per heavy atom. The van der Waals surface area contributed by atoms with Crippen molar-refractivity contribution in [1.82, 2.24) is 0 Å². The number of alkyl halides is 1. The standard InChI is InChI=1S/C9H15BrO2/c1-5-7(10)8-6(2)11-9(3,4)12-8/h5-8H,1H2,2-4H3/t6-,7+,8+/m1/s1. The number of ether oxygens (including phenoxy) is 2. The molecule has 3 heteroatoms. The summed E-state index contributed by atoms with van der Waals surface area (Å²) < 4.78 is 11.3. The van der Waals surface area contributed by atoms with Crippen LogP contribution in [0.5, 0.6) is 0 Å². The first-order valence-electron chi connectivity index (χ1n) is 4.08. The molecule has 0 bridgehead atoms. The van der Waals surface area contributed by atoms with Crippen LogP contribution in [0.15, 0.2) is 12.7 Å². The monoisotopic (exact) mass is 234 g/mol. The van der Waals surface area contributed by atoms with E-state index in [-0.39, 0.29) is 17.0 Å². The van der Waals surface area contributed by atoms with Crippen LogP contribution in [0.25, 0.3) is 0 Å². The molecule has 3 atom stereocenters. The maximum atomic E-state index is 5.67. The molecule has 1 aliphatic heterocycles. The minimum absolute atomic E-state index is 0.0671. The van der Waals surface area contributed by atoms with Gasteiger partial charge >= 0.3 is 0 Å². The largest absolute Gasteiger partial charge is 0.345 e. The zero-order valence-corrected chi connectivity index (χ0v) is 9.30. The predicted octanol–water partition coefficient (Wildman–Crippen LogP) is 2.48. The van der Waals surface area contributed by atoms with Crippen molar-refractivity contribution < 1.29 is 9.47 Å². The molecule has 0 spiro atoms. The topological polar surface area (TPSA) is 18.5 Å². The van der Waals surface area contributed by atoms with Crippen molar-refractivity contribution in [3.05, 3.63) is 12.7 Å². The van der Waals surface area contributed by atoms with Gasteiger partial charge in [0, 0.05) is 0 Å². The molecule has 1 rings (SSSR count). The van der Waals surface area contributed by atoms with Crippen LogP contribution < -0.4 is 0 Å². The van der Waals surface area contributed by atoms with Gasteiger partial charge in [0.15, 0.2) is 5.79 Å². The van der Waals surface area contributed by atoms with E-state index in [0.29, 0.717) is 0 Å². The fraction of sp³-hybridized carbons (Fsp3) is 0.778. The van der Waals surface area contributed by atoms with Crippen LogP contribution in [0, 0.1) is 0 Å². The molecular weight excluding hydrogens is 220 g/mol. The van der Waals surface area contributed by atoms with Crippen LogP contribution in [0.2, 0.25) is 0 Å². The zero-order valence-electron chi connectivity index (χ0n) is 7.71. The van der Waals surface area contributed by atoms with E-state index in [1.807, 2.05) is 26.8 Å². The van der Waals surface area contributed by atoms with Gasteiger partial charge in [0.05, 0.1) is 10.9 Å². The lowest BCUT2D eigenvalue weighted by molar-refractivity contribution is -0.144. The van der Waals surface area contributed by atoms with Gasteiger partial charge in [0.1, 0.15) is 6.10 Å². The van der Waals surface area contributed by atoms with Crippen LogP contribution in [0.1, 0.15) is 20.8 Å². The van der Waals surface area contributed by atoms with E-state index in [2.05, 4.69) is 22.5 Å². The Balaban J connectivity index is 2.63. The third-order valence-corrected chi connectivity index (χ3v) is 2.79. The predicted molar refractivity (Wildman–Crippen MR) is 52.4 cm³/mol. The average Bonchev–Trinajstić information content (AvgIpc) is 2.23. The van der Waals surface area contributed by atoms with E-state index >= 15 is 0 Å². The highest BCUT2D eigenvalue weighted by Crippen LogP contribution is 2.32. The lowest BCUT2D eigenvalue weighted by Gasteiger charge is -2.18. The van der Waals surface area contributed by atoms with Crippen LogP contribution in [-0.2, 0) is 9.47 Å². The summed E-state index contributed by atoms with van der Waals surface area (Å²) >= 11 is 3.47. The summed E-state index contributed by atoms with van der Waals surface area (Å²) in [7, 11) is 0. The molecule has 12 heavy (non-hydrogen) atoms. The molecule has 0 aromatic rings. The Kier molecular flexibility index (Phi) is 2.97. The first-order chi connectivity index (χ1) is 5.46. The van der Waals surface area contributed by atoms with Crippen molar-refractivity contribution in [2.75, 3.05) is 0 Å². The Morgan fingerprint density at radius 1 is 1.50 bits per heavy atom. The van der Waals surface area contributed by atoms with Gasteiger partial charge in [-0.1, -0.05) is 22.0 Å². The van der Waals surface area contributed by atoms with Gasteiger partial charge in [0.25, 0.3) is 0 Å². The average molecular weight is 235 g/mol. The molecule has 0 radical (unpaired) electrons. The molecule has 0 amide bonds. The quantitative estimate of drug-likeness (QED) is 0.540. The van der Waals surface area contributed by atoms with Gasteiger partial charge in [-0.15, -0.1) is 6.58 Å². The molecule has 1 aliphatic rings. The third-order valence-electron chi connectivity index (χ3n) is 1.89. The molecule has 1 heterocycles. The minimum Gasteiger partial charge on any atom is -0.345 e. The van der Waals surface area contributed by atoms with E-state index in [1.54, 1.807) is 0 Å². The van der Waals surface area contributed by atoms with E-state index in [9.17, 15) is 0 Å². The number of hydrogen-bond acceptors (Lipinski definition) is 2. The molecule has 0 aromatic heterocycles. The highest BCUT2D eigenvalue weighted by atomic mass is 79.9. The van der Waals surface area contributed by atoms with Crippen LogP contribution >= 0.6 is 15.9 Å². The van der Waals surface area contributed by atoms with Crippen LogP contribution in [0.3, 0.4) is 0 Å². The van der Waals surface area contributed by atoms with Gasteiger partial charge in [-0.05, 0) is 20.8 Å². The first kappa shape index (κ1) is 10.2. The van der Waals surface area contributed by atoms with E-state index in [4.69, 9.17) is 9.47 Å². The maximum Gasteiger partial charge on any atom is 0.163 e. The lowest BCUT2D eigenvalue weighted by atomic mass is 10.2. The summed E-state index contributed by atoms with van der Waals surface area (Å²) in [4.78, 5) is 0.161. The molecule has 0 saturated carbocycles. The Labute approximate surface area is 82.1 Å². The van der Waals surface area contributed by atoms with Gasteiger partial charge in [-0.2, -0.15) is 0 Å². The minimum atomic E-state index is -0.459. The van der Waals surface area contributed by atoms with Crippen molar-refractivity contribution in [2.45, 2.75) is 43.6 Å². The molecule has 0 unspecified atom stereocenters. The third kappa shape index (κ3) is 2.09. The molecule has 1 saturated heterocycles. The van der Waals surface area contributed by atoms with E-state index < -0.39 is 5.79 Å².